The smallest absolute Gasteiger partial charge is 0.475 e. The molecule has 1 saturated heterocycles. The zero-order valence-corrected chi connectivity index (χ0v) is 29.4. The Morgan fingerprint density at radius 1 is 0.804 bits per heavy atom. The monoisotopic (exact) mass is 702 g/mol. The molecule has 1 aliphatic heterocycles. The third-order valence-electron chi connectivity index (χ3n) is 8.73. The lowest BCUT2D eigenvalue weighted by atomic mass is 10.00. The molecule has 1 aliphatic rings. The number of nitrogens with one attached hydrogen (secondary N) is 2. The molecule has 7 nitrogen and oxygen atoms in total. The van der Waals surface area contributed by atoms with Crippen molar-refractivity contribution in [3.05, 3.63) is 131 Å². The van der Waals surface area contributed by atoms with E-state index in [1.807, 2.05) is 6.07 Å². The van der Waals surface area contributed by atoms with E-state index in [0.717, 1.165) is 57.5 Å². The standard InChI is InChI=1S/C39H48N4O.C2HF3O2/c1-31(2)27-40-28-35-14-9-15-37(26-35)36-18-16-34(17-19-36)30-43(39(44)41-23-20-32-10-5-3-6-11-32)38-21-24-42(25-22-38)29-33-12-7-4-8-13-33;3-2(4,5)1(6)7/h3-19,26,31,38,40H,20-25,27-30H2,1-2H3,(H,41,44);(H,6,7). The predicted molar refractivity (Wildman–Crippen MR) is 196 cm³/mol. The number of halogens is 3. The molecule has 2 amide bonds. The molecule has 0 atom stereocenters. The fourth-order valence-corrected chi connectivity index (χ4v) is 6.02. The third-order valence-corrected chi connectivity index (χ3v) is 8.73. The Labute approximate surface area is 299 Å². The van der Waals surface area contributed by atoms with Gasteiger partial charge < -0.3 is 20.6 Å². The number of benzene rings is 4. The predicted octanol–water partition coefficient (Wildman–Crippen LogP) is 8.15. The molecular weight excluding hydrogens is 653 g/mol. The number of nitrogens with zero attached hydrogens (tertiary/aromatic N) is 2. The summed E-state index contributed by atoms with van der Waals surface area (Å²) in [4.78, 5) is 27.2. The van der Waals surface area contributed by atoms with Gasteiger partial charge in [0.2, 0.25) is 0 Å². The molecule has 4 aromatic carbocycles. The Bertz CT molecular complexity index is 1630. The van der Waals surface area contributed by atoms with Gasteiger partial charge in [-0.1, -0.05) is 117 Å². The van der Waals surface area contributed by atoms with Crippen molar-refractivity contribution in [3.8, 4) is 11.1 Å². The second kappa shape index (κ2) is 19.7. The van der Waals surface area contributed by atoms with E-state index in [1.54, 1.807) is 0 Å². The number of piperidine rings is 1. The van der Waals surface area contributed by atoms with Gasteiger partial charge in [-0.05, 0) is 71.2 Å². The van der Waals surface area contributed by atoms with Crippen LogP contribution in [0.1, 0.15) is 48.9 Å². The summed E-state index contributed by atoms with van der Waals surface area (Å²) in [5, 5.41) is 13.9. The fraction of sp³-hybridized carbons (Fsp3) is 0.366. The average molecular weight is 703 g/mol. The highest BCUT2D eigenvalue weighted by Gasteiger charge is 2.38. The van der Waals surface area contributed by atoms with Gasteiger partial charge in [0.1, 0.15) is 0 Å². The topological polar surface area (TPSA) is 84.9 Å². The van der Waals surface area contributed by atoms with Gasteiger partial charge in [-0.15, -0.1) is 0 Å². The van der Waals surface area contributed by atoms with Gasteiger partial charge in [-0.25, -0.2) is 9.59 Å². The van der Waals surface area contributed by atoms with E-state index in [1.165, 1.54) is 27.8 Å². The van der Waals surface area contributed by atoms with Crippen molar-refractivity contribution in [1.82, 2.24) is 20.4 Å². The summed E-state index contributed by atoms with van der Waals surface area (Å²) in [6, 6.07) is 38.8. The second-order valence-electron chi connectivity index (χ2n) is 13.3. The highest BCUT2D eigenvalue weighted by atomic mass is 19.4. The van der Waals surface area contributed by atoms with Gasteiger partial charge in [0.15, 0.2) is 0 Å². The summed E-state index contributed by atoms with van der Waals surface area (Å²) in [7, 11) is 0. The van der Waals surface area contributed by atoms with E-state index in [2.05, 4.69) is 137 Å². The van der Waals surface area contributed by atoms with Gasteiger partial charge in [0, 0.05) is 45.3 Å². The van der Waals surface area contributed by atoms with E-state index in [-0.39, 0.29) is 12.1 Å². The number of hydrogen-bond donors (Lipinski definition) is 3. The average Bonchev–Trinajstić information content (AvgIpc) is 3.12. The zero-order valence-electron chi connectivity index (χ0n) is 29.4. The molecular formula is C41H49F3N4O3. The second-order valence-corrected chi connectivity index (χ2v) is 13.3. The number of urea groups is 1. The molecule has 0 bridgehead atoms. The molecule has 0 aliphatic carbocycles. The summed E-state index contributed by atoms with van der Waals surface area (Å²) in [6.07, 6.45) is -2.29. The van der Waals surface area contributed by atoms with E-state index in [0.29, 0.717) is 19.0 Å². The highest BCUT2D eigenvalue weighted by molar-refractivity contribution is 5.75. The van der Waals surface area contributed by atoms with Crippen LogP contribution in [0.2, 0.25) is 0 Å². The summed E-state index contributed by atoms with van der Waals surface area (Å²) in [5.41, 5.74) is 7.47. The number of amides is 2. The van der Waals surface area contributed by atoms with Crippen LogP contribution in [0.25, 0.3) is 11.1 Å². The van der Waals surface area contributed by atoms with E-state index < -0.39 is 12.1 Å². The van der Waals surface area contributed by atoms with Crippen molar-refractivity contribution in [1.29, 1.82) is 0 Å². The molecule has 0 saturated carbocycles. The van der Waals surface area contributed by atoms with E-state index in [4.69, 9.17) is 9.90 Å². The zero-order chi connectivity index (χ0) is 36.6. The lowest BCUT2D eigenvalue weighted by Crippen LogP contribution is -2.50. The molecule has 0 unspecified atom stereocenters. The number of carboxylic acid groups (broad SMARTS) is 1. The maximum atomic E-state index is 13.7. The summed E-state index contributed by atoms with van der Waals surface area (Å²) in [6.45, 7) is 10.6. The first-order valence-electron chi connectivity index (χ1n) is 17.5. The van der Waals surface area contributed by atoms with Crippen LogP contribution in [0.3, 0.4) is 0 Å². The maximum absolute atomic E-state index is 13.7. The fourth-order valence-electron chi connectivity index (χ4n) is 6.02. The van der Waals surface area contributed by atoms with Crippen molar-refractivity contribution in [2.75, 3.05) is 26.2 Å². The van der Waals surface area contributed by atoms with Crippen LogP contribution in [-0.4, -0.2) is 65.3 Å². The van der Waals surface area contributed by atoms with Crippen LogP contribution in [0, 0.1) is 5.92 Å². The molecule has 272 valence electrons. The molecule has 5 rings (SSSR count). The van der Waals surface area contributed by atoms with Gasteiger partial charge in [-0.3, -0.25) is 4.90 Å². The van der Waals surface area contributed by atoms with Gasteiger partial charge in [0.25, 0.3) is 0 Å². The first-order valence-corrected chi connectivity index (χ1v) is 17.5. The van der Waals surface area contributed by atoms with E-state index in [9.17, 15) is 18.0 Å². The summed E-state index contributed by atoms with van der Waals surface area (Å²) >= 11 is 0. The minimum Gasteiger partial charge on any atom is -0.475 e. The number of carbonyl (C=O) groups is 2. The largest absolute Gasteiger partial charge is 0.490 e. The van der Waals surface area contributed by atoms with E-state index >= 15 is 0 Å². The Balaban J connectivity index is 0.000000755. The van der Waals surface area contributed by atoms with Crippen LogP contribution < -0.4 is 10.6 Å². The molecule has 10 heteroatoms. The van der Waals surface area contributed by atoms with Gasteiger partial charge in [-0.2, -0.15) is 13.2 Å². The number of rotatable bonds is 13. The van der Waals surface area contributed by atoms with Crippen molar-refractivity contribution < 1.29 is 27.9 Å². The van der Waals surface area contributed by atoms with Gasteiger partial charge in [0.05, 0.1) is 0 Å². The van der Waals surface area contributed by atoms with Crippen LogP contribution >= 0.6 is 0 Å². The van der Waals surface area contributed by atoms with Crippen molar-refractivity contribution in [2.24, 2.45) is 5.92 Å². The molecule has 3 N–H and O–H groups in total. The normalized spacial score (nSPS) is 13.7. The van der Waals surface area contributed by atoms with Crippen molar-refractivity contribution in [3.63, 3.8) is 0 Å². The van der Waals surface area contributed by atoms with Gasteiger partial charge >= 0.3 is 18.2 Å². The summed E-state index contributed by atoms with van der Waals surface area (Å²) < 4.78 is 31.7. The molecule has 4 aromatic rings. The number of carboxylic acids is 1. The van der Waals surface area contributed by atoms with Crippen molar-refractivity contribution in [2.45, 2.75) is 65.0 Å². The lowest BCUT2D eigenvalue weighted by Gasteiger charge is -2.38. The Kier molecular flexibility index (Phi) is 15.1. The number of alkyl halides is 3. The Hall–Kier alpha value is -4.67. The summed E-state index contributed by atoms with van der Waals surface area (Å²) in [5.74, 6) is -2.12. The first-order chi connectivity index (χ1) is 24.5. The number of carbonyl (C=O) groups excluding carboxylic acids is 1. The minimum absolute atomic E-state index is 0.0353. The quantitative estimate of drug-likeness (QED) is 0.131. The number of hydrogen-bond acceptors (Lipinski definition) is 4. The minimum atomic E-state index is -5.08. The third kappa shape index (κ3) is 13.5. The molecule has 0 radical (unpaired) electrons. The molecule has 1 heterocycles. The molecule has 51 heavy (non-hydrogen) atoms. The number of likely N-dealkylation sites (tertiary alicyclic amines) is 1. The molecule has 0 spiro atoms. The SMILES string of the molecule is CC(C)CNCc1cccc(-c2ccc(CN(C(=O)NCCc3ccccc3)C3CCN(Cc4ccccc4)CC3)cc2)c1.O=C(O)C(F)(F)F. The highest BCUT2D eigenvalue weighted by Crippen LogP contribution is 2.24. The Morgan fingerprint density at radius 2 is 1.39 bits per heavy atom. The van der Waals surface area contributed by atoms with Crippen LogP contribution in [-0.2, 0) is 30.8 Å². The number of aliphatic carboxylic acids is 1. The molecule has 0 aromatic heterocycles. The van der Waals surface area contributed by atoms with Crippen LogP contribution in [0.5, 0.6) is 0 Å². The first kappa shape index (κ1) is 39.1. The van der Waals surface area contributed by atoms with Crippen molar-refractivity contribution >= 4 is 12.0 Å². The lowest BCUT2D eigenvalue weighted by molar-refractivity contribution is -0.192. The van der Waals surface area contributed by atoms with Crippen LogP contribution in [0.4, 0.5) is 18.0 Å². The maximum Gasteiger partial charge on any atom is 0.490 e. The Morgan fingerprint density at radius 3 is 1.98 bits per heavy atom. The van der Waals surface area contributed by atoms with Crippen LogP contribution in [0.15, 0.2) is 109 Å². The molecule has 1 fully saturated rings.